The summed E-state index contributed by atoms with van der Waals surface area (Å²) in [6.45, 7) is 6.06. The van der Waals surface area contributed by atoms with Crippen LogP contribution in [0.2, 0.25) is 5.02 Å². The molecule has 150 valence electrons. The van der Waals surface area contributed by atoms with Crippen molar-refractivity contribution in [1.29, 1.82) is 0 Å². The van der Waals surface area contributed by atoms with Crippen molar-refractivity contribution in [3.63, 3.8) is 0 Å². The molecule has 0 aromatic heterocycles. The molecule has 0 saturated carbocycles. The lowest BCUT2D eigenvalue weighted by Crippen LogP contribution is -2.31. The van der Waals surface area contributed by atoms with Crippen LogP contribution < -0.4 is 5.32 Å². The molecule has 3 rings (SSSR count). The summed E-state index contributed by atoms with van der Waals surface area (Å²) >= 11 is 7.52. The first-order valence-corrected chi connectivity index (χ1v) is 11.4. The van der Waals surface area contributed by atoms with Crippen LogP contribution in [-0.2, 0) is 17.9 Å². The van der Waals surface area contributed by atoms with Crippen molar-refractivity contribution in [3.8, 4) is 0 Å². The summed E-state index contributed by atoms with van der Waals surface area (Å²) in [5.74, 6) is 0.0832. The van der Waals surface area contributed by atoms with Gasteiger partial charge in [0, 0.05) is 23.0 Å². The molecule has 1 atom stereocenters. The van der Waals surface area contributed by atoms with E-state index in [1.807, 2.05) is 31.2 Å². The average Bonchev–Trinajstić information content (AvgIpc) is 2.73. The highest BCUT2D eigenvalue weighted by molar-refractivity contribution is 8.00. The van der Waals surface area contributed by atoms with Gasteiger partial charge in [0.15, 0.2) is 0 Å². The molecule has 1 aliphatic heterocycles. The largest absolute Gasteiger partial charge is 0.351 e. The van der Waals surface area contributed by atoms with E-state index in [0.29, 0.717) is 11.6 Å². The van der Waals surface area contributed by atoms with E-state index in [2.05, 4.69) is 34.5 Å². The van der Waals surface area contributed by atoms with Gasteiger partial charge in [0.1, 0.15) is 0 Å². The van der Waals surface area contributed by atoms with Gasteiger partial charge in [0.25, 0.3) is 0 Å². The number of nitrogens with one attached hydrogen (secondary N) is 1. The maximum atomic E-state index is 12.6. The molecule has 0 spiro atoms. The Bertz CT molecular complexity index is 742. The SMILES string of the molecule is CCC(Sc1ccc(Cl)cc1)C(=O)NCc1ccc(CN2CCCCC2)cc1. The van der Waals surface area contributed by atoms with Gasteiger partial charge in [-0.2, -0.15) is 0 Å². The van der Waals surface area contributed by atoms with Gasteiger partial charge >= 0.3 is 0 Å². The minimum Gasteiger partial charge on any atom is -0.351 e. The smallest absolute Gasteiger partial charge is 0.233 e. The van der Waals surface area contributed by atoms with Gasteiger partial charge in [-0.3, -0.25) is 9.69 Å². The van der Waals surface area contributed by atoms with Gasteiger partial charge in [-0.15, -0.1) is 11.8 Å². The molecule has 1 amide bonds. The van der Waals surface area contributed by atoms with Crippen molar-refractivity contribution in [3.05, 3.63) is 64.7 Å². The Morgan fingerprint density at radius 2 is 1.68 bits per heavy atom. The van der Waals surface area contributed by atoms with Crippen molar-refractivity contribution < 1.29 is 4.79 Å². The van der Waals surface area contributed by atoms with Crippen LogP contribution in [0.4, 0.5) is 0 Å². The monoisotopic (exact) mass is 416 g/mol. The zero-order valence-corrected chi connectivity index (χ0v) is 18.1. The Morgan fingerprint density at radius 3 is 2.32 bits per heavy atom. The first-order valence-electron chi connectivity index (χ1n) is 10.1. The van der Waals surface area contributed by atoms with Crippen molar-refractivity contribution in [2.24, 2.45) is 0 Å². The number of thioether (sulfide) groups is 1. The molecule has 0 bridgehead atoms. The Labute approximate surface area is 177 Å². The first-order chi connectivity index (χ1) is 13.6. The third kappa shape index (κ3) is 6.54. The topological polar surface area (TPSA) is 32.3 Å². The van der Waals surface area contributed by atoms with Gasteiger partial charge in [0.05, 0.1) is 5.25 Å². The van der Waals surface area contributed by atoms with E-state index in [-0.39, 0.29) is 11.2 Å². The van der Waals surface area contributed by atoms with Crippen LogP contribution in [0, 0.1) is 0 Å². The molecular formula is C23H29ClN2OS. The molecule has 1 heterocycles. The number of hydrogen-bond acceptors (Lipinski definition) is 3. The summed E-state index contributed by atoms with van der Waals surface area (Å²) in [4.78, 5) is 16.2. The first kappa shape index (κ1) is 21.2. The molecule has 28 heavy (non-hydrogen) atoms. The van der Waals surface area contributed by atoms with Crippen LogP contribution in [0.5, 0.6) is 0 Å². The molecule has 1 aliphatic rings. The molecule has 5 heteroatoms. The highest BCUT2D eigenvalue weighted by atomic mass is 35.5. The third-order valence-electron chi connectivity index (χ3n) is 5.10. The molecule has 0 aliphatic carbocycles. The van der Waals surface area contributed by atoms with Crippen LogP contribution in [0.3, 0.4) is 0 Å². The number of benzene rings is 2. The van der Waals surface area contributed by atoms with E-state index < -0.39 is 0 Å². The van der Waals surface area contributed by atoms with Crippen LogP contribution in [0.15, 0.2) is 53.4 Å². The lowest BCUT2D eigenvalue weighted by Gasteiger charge is -2.26. The molecule has 3 nitrogen and oxygen atoms in total. The fraction of sp³-hybridized carbons (Fsp3) is 0.435. The van der Waals surface area contributed by atoms with Crippen LogP contribution in [-0.4, -0.2) is 29.1 Å². The Kier molecular flexibility index (Phi) is 8.26. The number of hydrogen-bond donors (Lipinski definition) is 1. The number of likely N-dealkylation sites (tertiary alicyclic amines) is 1. The molecule has 1 saturated heterocycles. The van der Waals surface area contributed by atoms with Crippen molar-refractivity contribution >= 4 is 29.3 Å². The number of nitrogens with zero attached hydrogens (tertiary/aromatic N) is 1. The molecule has 1 N–H and O–H groups in total. The lowest BCUT2D eigenvalue weighted by molar-refractivity contribution is -0.120. The highest BCUT2D eigenvalue weighted by Gasteiger charge is 2.17. The second-order valence-electron chi connectivity index (χ2n) is 7.34. The van der Waals surface area contributed by atoms with E-state index in [4.69, 9.17) is 11.6 Å². The van der Waals surface area contributed by atoms with Crippen LogP contribution in [0.25, 0.3) is 0 Å². The van der Waals surface area contributed by atoms with E-state index >= 15 is 0 Å². The number of halogens is 1. The maximum absolute atomic E-state index is 12.6. The zero-order valence-electron chi connectivity index (χ0n) is 16.5. The summed E-state index contributed by atoms with van der Waals surface area (Å²) in [5.41, 5.74) is 2.49. The summed E-state index contributed by atoms with van der Waals surface area (Å²) in [6, 6.07) is 16.3. The number of amides is 1. The second-order valence-corrected chi connectivity index (χ2v) is 9.05. The Morgan fingerprint density at radius 1 is 1.04 bits per heavy atom. The van der Waals surface area contributed by atoms with Crippen molar-refractivity contribution in [2.45, 2.75) is 55.8 Å². The number of piperidine rings is 1. The lowest BCUT2D eigenvalue weighted by atomic mass is 10.1. The fourth-order valence-corrected chi connectivity index (χ4v) is 4.55. The summed E-state index contributed by atoms with van der Waals surface area (Å²) in [5, 5.41) is 3.70. The van der Waals surface area contributed by atoms with Gasteiger partial charge in [-0.25, -0.2) is 0 Å². The standard InChI is InChI=1S/C23H29ClN2OS/c1-2-22(28-21-12-10-20(24)11-13-21)23(27)25-16-18-6-8-19(9-7-18)17-26-14-4-3-5-15-26/h6-13,22H,2-5,14-17H2,1H3,(H,25,27). The maximum Gasteiger partial charge on any atom is 0.233 e. The fourth-order valence-electron chi connectivity index (χ4n) is 3.44. The van der Waals surface area contributed by atoms with Crippen molar-refractivity contribution in [1.82, 2.24) is 10.2 Å². The van der Waals surface area contributed by atoms with Crippen LogP contribution in [0.1, 0.15) is 43.7 Å². The predicted molar refractivity (Wildman–Crippen MR) is 119 cm³/mol. The van der Waals surface area contributed by atoms with E-state index in [1.54, 1.807) is 11.8 Å². The van der Waals surface area contributed by atoms with Gasteiger partial charge in [0.2, 0.25) is 5.91 Å². The Balaban J connectivity index is 1.47. The summed E-state index contributed by atoms with van der Waals surface area (Å²) in [7, 11) is 0. The average molecular weight is 417 g/mol. The molecule has 0 radical (unpaired) electrons. The quantitative estimate of drug-likeness (QED) is 0.575. The van der Waals surface area contributed by atoms with E-state index in [0.717, 1.165) is 23.4 Å². The number of carbonyl (C=O) groups excluding carboxylic acids is 1. The van der Waals surface area contributed by atoms with Gasteiger partial charge < -0.3 is 5.32 Å². The minimum atomic E-state index is -0.0976. The Hall–Kier alpha value is -1.49. The zero-order chi connectivity index (χ0) is 19.8. The molecule has 1 fully saturated rings. The third-order valence-corrected chi connectivity index (χ3v) is 6.73. The molecule has 2 aromatic carbocycles. The predicted octanol–water partition coefficient (Wildman–Crippen LogP) is 5.51. The highest BCUT2D eigenvalue weighted by Crippen LogP contribution is 2.26. The van der Waals surface area contributed by atoms with Gasteiger partial charge in [-0.05, 0) is 67.7 Å². The number of carbonyl (C=O) groups is 1. The molecule has 1 unspecified atom stereocenters. The minimum absolute atomic E-state index is 0.0832. The number of rotatable bonds is 8. The second kappa shape index (κ2) is 10.9. The van der Waals surface area contributed by atoms with Crippen LogP contribution >= 0.6 is 23.4 Å². The van der Waals surface area contributed by atoms with E-state index in [9.17, 15) is 4.79 Å². The van der Waals surface area contributed by atoms with Crippen molar-refractivity contribution in [2.75, 3.05) is 13.1 Å². The molecule has 2 aromatic rings. The summed E-state index contributed by atoms with van der Waals surface area (Å²) < 4.78 is 0. The van der Waals surface area contributed by atoms with Gasteiger partial charge in [-0.1, -0.05) is 49.2 Å². The molecular weight excluding hydrogens is 388 g/mol. The normalized spacial score (nSPS) is 15.9. The van der Waals surface area contributed by atoms with E-state index in [1.165, 1.54) is 37.9 Å². The summed E-state index contributed by atoms with van der Waals surface area (Å²) in [6.07, 6.45) is 4.78.